The van der Waals surface area contributed by atoms with Crippen LogP contribution in [0.2, 0.25) is 0 Å². The lowest BCUT2D eigenvalue weighted by Crippen LogP contribution is -2.16. The van der Waals surface area contributed by atoms with Gasteiger partial charge in [-0.25, -0.2) is 9.59 Å². The maximum atomic E-state index is 12.9. The van der Waals surface area contributed by atoms with E-state index in [2.05, 4.69) is 10.6 Å². The molecule has 0 aliphatic heterocycles. The number of carbonyl (C=O) groups excluding carboxylic acids is 4. The van der Waals surface area contributed by atoms with E-state index in [1.165, 1.54) is 45.3 Å². The van der Waals surface area contributed by atoms with Gasteiger partial charge in [-0.15, -0.1) is 22.7 Å². The van der Waals surface area contributed by atoms with Crippen LogP contribution in [0.1, 0.15) is 132 Å². The Hall–Kier alpha value is -2.72. The highest BCUT2D eigenvalue weighted by Gasteiger charge is 2.27. The summed E-state index contributed by atoms with van der Waals surface area (Å²) in [6, 6.07) is 0. The minimum Gasteiger partial charge on any atom is -0.462 e. The van der Waals surface area contributed by atoms with Crippen LogP contribution in [0.15, 0.2) is 0 Å². The number of unbranched alkanes of at least 4 members (excludes halogenated alkanes) is 1. The molecule has 0 atom stereocenters. The minimum atomic E-state index is -0.369. The molecular weight excluding hydrogens is 572 g/mol. The molecule has 2 aromatic heterocycles. The van der Waals surface area contributed by atoms with Crippen molar-refractivity contribution in [2.24, 2.45) is 0 Å². The molecule has 2 aliphatic rings. The number of fused-ring (bicyclic) bond motifs is 2. The molecule has 0 bridgehead atoms. The van der Waals surface area contributed by atoms with Gasteiger partial charge in [0.25, 0.3) is 0 Å². The van der Waals surface area contributed by atoms with E-state index in [4.69, 9.17) is 9.47 Å². The van der Waals surface area contributed by atoms with Gasteiger partial charge in [0.15, 0.2) is 0 Å². The highest BCUT2D eigenvalue weighted by atomic mass is 32.1. The van der Waals surface area contributed by atoms with Gasteiger partial charge in [-0.05, 0) is 89.2 Å². The lowest BCUT2D eigenvalue weighted by molar-refractivity contribution is -0.118. The summed E-state index contributed by atoms with van der Waals surface area (Å²) in [6.07, 6.45) is 13.9. The van der Waals surface area contributed by atoms with E-state index >= 15 is 0 Å². The molecule has 0 spiro atoms. The van der Waals surface area contributed by atoms with E-state index in [9.17, 15) is 19.2 Å². The van der Waals surface area contributed by atoms with Crippen molar-refractivity contribution in [3.63, 3.8) is 0 Å². The number of hydrogen-bond donors (Lipinski definition) is 2. The summed E-state index contributed by atoms with van der Waals surface area (Å²) in [5.41, 5.74) is 3.12. The third-order valence-corrected chi connectivity index (χ3v) is 10.3. The van der Waals surface area contributed by atoms with E-state index < -0.39 is 0 Å². The van der Waals surface area contributed by atoms with Crippen LogP contribution in [-0.2, 0) is 44.7 Å². The van der Waals surface area contributed by atoms with Gasteiger partial charge in [-0.1, -0.05) is 25.7 Å². The molecule has 2 N–H and O–H groups in total. The Morgan fingerprint density at radius 2 is 0.976 bits per heavy atom. The van der Waals surface area contributed by atoms with Gasteiger partial charge < -0.3 is 20.1 Å². The Labute approximate surface area is 256 Å². The topological polar surface area (TPSA) is 111 Å². The van der Waals surface area contributed by atoms with E-state index in [0.717, 1.165) is 75.3 Å². The first-order valence-corrected chi connectivity index (χ1v) is 17.3. The molecule has 2 heterocycles. The SMILES string of the molecule is CCOC(=O)c1c(NC(=O)CCCCC(=O)Nc2sc3c(c2C(=O)OCC)CCCCCC3)sc2c1CCCCCC2. The van der Waals surface area contributed by atoms with Crippen LogP contribution in [0.4, 0.5) is 10.0 Å². The molecule has 2 aromatic rings. The summed E-state index contributed by atoms with van der Waals surface area (Å²) in [6.45, 7) is 4.15. The maximum Gasteiger partial charge on any atom is 0.341 e. The molecule has 10 heteroatoms. The highest BCUT2D eigenvalue weighted by Crippen LogP contribution is 2.39. The van der Waals surface area contributed by atoms with Crippen LogP contribution in [0.25, 0.3) is 0 Å². The summed E-state index contributed by atoms with van der Waals surface area (Å²) >= 11 is 3.00. The molecule has 2 aliphatic carbocycles. The summed E-state index contributed by atoms with van der Waals surface area (Å²) in [4.78, 5) is 53.7. The van der Waals surface area contributed by atoms with Crippen LogP contribution in [0.5, 0.6) is 0 Å². The standard InChI is InChI=1S/C32H44N2O6S2/c1-3-39-31(37)27-21-15-9-5-7-11-17-23(21)41-29(27)33-25(35)19-13-14-20-26(36)34-30-28(32(38)40-4-2)22-16-10-6-8-12-18-24(22)42-30/h3-20H2,1-2H3,(H,33,35)(H,34,36). The average molecular weight is 617 g/mol. The van der Waals surface area contributed by atoms with Crippen LogP contribution in [0, 0.1) is 0 Å². The molecule has 0 fully saturated rings. The summed E-state index contributed by atoms with van der Waals surface area (Å²) in [5.74, 6) is -1.08. The van der Waals surface area contributed by atoms with Crippen molar-refractivity contribution in [3.05, 3.63) is 32.0 Å². The van der Waals surface area contributed by atoms with Crippen molar-refractivity contribution in [2.75, 3.05) is 23.8 Å². The number of anilines is 2. The number of ether oxygens (including phenoxy) is 2. The second kappa shape index (κ2) is 16.2. The van der Waals surface area contributed by atoms with Crippen molar-refractivity contribution >= 4 is 56.4 Å². The van der Waals surface area contributed by atoms with Crippen molar-refractivity contribution in [3.8, 4) is 0 Å². The highest BCUT2D eigenvalue weighted by molar-refractivity contribution is 7.17. The summed E-state index contributed by atoms with van der Waals surface area (Å²) < 4.78 is 10.7. The first-order chi connectivity index (χ1) is 20.4. The summed E-state index contributed by atoms with van der Waals surface area (Å²) in [5, 5.41) is 7.12. The Bertz CT molecular complexity index is 1170. The lowest BCUT2D eigenvalue weighted by atomic mass is 9.96. The Kier molecular flexibility index (Phi) is 12.4. The molecule has 230 valence electrons. The third-order valence-electron chi connectivity index (χ3n) is 7.87. The van der Waals surface area contributed by atoms with Crippen molar-refractivity contribution in [1.29, 1.82) is 0 Å². The smallest absolute Gasteiger partial charge is 0.341 e. The van der Waals surface area contributed by atoms with Crippen molar-refractivity contribution in [1.82, 2.24) is 0 Å². The molecular formula is C32H44N2O6S2. The van der Waals surface area contributed by atoms with Gasteiger partial charge in [0.1, 0.15) is 10.0 Å². The molecule has 0 aromatic carbocycles. The molecule has 0 saturated heterocycles. The van der Waals surface area contributed by atoms with Gasteiger partial charge in [-0.3, -0.25) is 9.59 Å². The van der Waals surface area contributed by atoms with Crippen molar-refractivity contribution in [2.45, 2.75) is 117 Å². The predicted octanol–water partition coefficient (Wildman–Crippen LogP) is 7.62. The number of carbonyl (C=O) groups is 4. The quantitative estimate of drug-likeness (QED) is 0.199. The first-order valence-electron chi connectivity index (χ1n) is 15.7. The minimum absolute atomic E-state index is 0.169. The number of nitrogens with one attached hydrogen (secondary N) is 2. The Balaban J connectivity index is 1.33. The van der Waals surface area contributed by atoms with E-state index in [1.807, 2.05) is 0 Å². The normalized spacial score (nSPS) is 15.2. The number of aryl methyl sites for hydroxylation is 2. The first kappa shape index (κ1) is 32.2. The van der Waals surface area contributed by atoms with Crippen LogP contribution in [0.3, 0.4) is 0 Å². The number of hydrogen-bond acceptors (Lipinski definition) is 8. The number of rotatable bonds is 11. The monoisotopic (exact) mass is 616 g/mol. The maximum absolute atomic E-state index is 12.9. The van der Waals surface area contributed by atoms with E-state index in [0.29, 0.717) is 34.0 Å². The Morgan fingerprint density at radius 1 is 0.595 bits per heavy atom. The number of esters is 2. The molecule has 0 radical (unpaired) electrons. The largest absolute Gasteiger partial charge is 0.462 e. The molecule has 0 saturated carbocycles. The third kappa shape index (κ3) is 8.43. The number of thiophene rings is 2. The zero-order valence-electron chi connectivity index (χ0n) is 25.0. The van der Waals surface area contributed by atoms with Gasteiger partial charge in [0.2, 0.25) is 11.8 Å². The fraction of sp³-hybridized carbons (Fsp3) is 0.625. The predicted molar refractivity (Wildman–Crippen MR) is 168 cm³/mol. The zero-order chi connectivity index (χ0) is 29.9. The van der Waals surface area contributed by atoms with Crippen LogP contribution in [-0.4, -0.2) is 37.0 Å². The fourth-order valence-corrected chi connectivity index (χ4v) is 8.39. The molecule has 2 amide bonds. The second-order valence-electron chi connectivity index (χ2n) is 11.0. The van der Waals surface area contributed by atoms with Gasteiger partial charge in [0.05, 0.1) is 24.3 Å². The number of amides is 2. The molecule has 4 rings (SSSR count). The summed E-state index contributed by atoms with van der Waals surface area (Å²) in [7, 11) is 0. The van der Waals surface area contributed by atoms with E-state index in [1.54, 1.807) is 13.8 Å². The average Bonchev–Trinajstić information content (AvgIpc) is 3.42. The second-order valence-corrected chi connectivity index (χ2v) is 13.2. The van der Waals surface area contributed by atoms with Gasteiger partial charge >= 0.3 is 11.9 Å². The van der Waals surface area contributed by atoms with E-state index in [-0.39, 0.29) is 49.8 Å². The van der Waals surface area contributed by atoms with Crippen molar-refractivity contribution < 1.29 is 28.7 Å². The van der Waals surface area contributed by atoms with Gasteiger partial charge in [-0.2, -0.15) is 0 Å². The molecule has 8 nitrogen and oxygen atoms in total. The molecule has 42 heavy (non-hydrogen) atoms. The zero-order valence-corrected chi connectivity index (χ0v) is 26.6. The lowest BCUT2D eigenvalue weighted by Gasteiger charge is -2.11. The van der Waals surface area contributed by atoms with Crippen LogP contribution < -0.4 is 10.6 Å². The Morgan fingerprint density at radius 3 is 1.36 bits per heavy atom. The molecule has 0 unspecified atom stereocenters. The van der Waals surface area contributed by atoms with Gasteiger partial charge in [0, 0.05) is 22.6 Å². The van der Waals surface area contributed by atoms with Crippen LogP contribution >= 0.6 is 22.7 Å². The fourth-order valence-electron chi connectivity index (χ4n) is 5.80.